The Hall–Kier alpha value is -3.74. The minimum absolute atomic E-state index is 0.0380. The van der Waals surface area contributed by atoms with E-state index >= 15 is 4.57 Å². The summed E-state index contributed by atoms with van der Waals surface area (Å²) in [5, 5.41) is 2.57. The fourth-order valence-electron chi connectivity index (χ4n) is 9.70. The van der Waals surface area contributed by atoms with Gasteiger partial charge in [-0.1, -0.05) is 109 Å². The van der Waals surface area contributed by atoms with Crippen molar-refractivity contribution in [1.29, 1.82) is 0 Å². The molecule has 0 amide bonds. The minimum atomic E-state index is -3.07. The molecule has 2 nitrogen and oxygen atoms in total. The predicted octanol–water partition coefficient (Wildman–Crippen LogP) is 8.11. The highest BCUT2D eigenvalue weighted by Crippen LogP contribution is 2.69. The maximum absolute atomic E-state index is 15.1. The van der Waals surface area contributed by atoms with Crippen LogP contribution in [-0.2, 0) is 9.98 Å². The Morgan fingerprint density at radius 2 is 1.17 bits per heavy atom. The predicted molar refractivity (Wildman–Crippen MR) is 172 cm³/mol. The quantitative estimate of drug-likeness (QED) is 0.207. The lowest BCUT2D eigenvalue weighted by molar-refractivity contribution is -0.0415. The number of pyridine rings is 1. The summed E-state index contributed by atoms with van der Waals surface area (Å²) in [6.45, 7) is 0. The van der Waals surface area contributed by atoms with Crippen LogP contribution in [0.15, 0.2) is 121 Å². The van der Waals surface area contributed by atoms with Crippen molar-refractivity contribution in [2.24, 2.45) is 23.7 Å². The maximum atomic E-state index is 15.1. The minimum Gasteiger partial charge on any atom is -0.309 e. The van der Waals surface area contributed by atoms with Crippen molar-refractivity contribution in [2.45, 2.75) is 37.5 Å². The maximum Gasteiger partial charge on any atom is 0.171 e. The topological polar surface area (TPSA) is 30.0 Å². The lowest BCUT2D eigenvalue weighted by atomic mass is 9.43. The number of hydrogen-bond acceptors (Lipinski definition) is 2. The smallest absolute Gasteiger partial charge is 0.171 e. The first-order valence-electron chi connectivity index (χ1n) is 15.6. The molecule has 5 aromatic rings. The number of benzene rings is 4. The molecule has 0 atom stereocenters. The molecule has 1 aromatic heterocycles. The molecule has 1 spiro atoms. The molecule has 5 aliphatic rings. The van der Waals surface area contributed by atoms with Crippen molar-refractivity contribution < 1.29 is 4.57 Å². The first-order valence-corrected chi connectivity index (χ1v) is 17.3. The first-order chi connectivity index (χ1) is 20.7. The Balaban J connectivity index is 1.21. The van der Waals surface area contributed by atoms with Gasteiger partial charge in [-0.3, -0.25) is 4.98 Å². The Labute approximate surface area is 248 Å². The van der Waals surface area contributed by atoms with Gasteiger partial charge in [-0.15, -0.1) is 0 Å². The van der Waals surface area contributed by atoms with Crippen LogP contribution < -0.4 is 15.9 Å². The fraction of sp³-hybridized carbons (Fsp3) is 0.256. The molecular formula is C39H34NOP. The van der Waals surface area contributed by atoms with Crippen LogP contribution in [-0.4, -0.2) is 4.98 Å². The number of rotatable bonds is 4. The fourth-order valence-corrected chi connectivity index (χ4v) is 12.4. The second-order valence-electron chi connectivity index (χ2n) is 13.1. The highest BCUT2D eigenvalue weighted by Gasteiger charge is 2.62. The van der Waals surface area contributed by atoms with Crippen LogP contribution in [0.2, 0.25) is 0 Å². The number of hydrogen-bond donors (Lipinski definition) is 0. The lowest BCUT2D eigenvalue weighted by Gasteiger charge is -2.60. The standard InChI is InChI=1S/C39H34NOP/c41-42(31-11-3-1-4-12-31,32-13-5-2-6-14-32)33-15-9-10-28(25-33)37-19-18-35-34-16-7-8-17-36(34)39(38(35)40-37)29-21-26-20-27(23-29)24-30(39)22-26/h1-19,25-27,29-30H,20-24H2. The van der Waals surface area contributed by atoms with E-state index in [1.54, 1.807) is 0 Å². The molecule has 5 aliphatic carbocycles. The van der Waals surface area contributed by atoms with Gasteiger partial charge in [-0.2, -0.15) is 0 Å². The molecule has 4 fully saturated rings. The summed E-state index contributed by atoms with van der Waals surface area (Å²) >= 11 is 0. The van der Waals surface area contributed by atoms with Gasteiger partial charge in [0.2, 0.25) is 0 Å². The highest BCUT2D eigenvalue weighted by atomic mass is 31.2. The van der Waals surface area contributed by atoms with Gasteiger partial charge in [0.15, 0.2) is 7.14 Å². The normalized spacial score (nSPS) is 26.8. The summed E-state index contributed by atoms with van der Waals surface area (Å²) in [6, 6.07) is 42.0. The monoisotopic (exact) mass is 563 g/mol. The highest BCUT2D eigenvalue weighted by molar-refractivity contribution is 7.85. The van der Waals surface area contributed by atoms with E-state index in [1.807, 2.05) is 66.7 Å². The van der Waals surface area contributed by atoms with Crippen molar-refractivity contribution in [3.63, 3.8) is 0 Å². The molecule has 1 heterocycles. The molecular weight excluding hydrogens is 529 g/mol. The van der Waals surface area contributed by atoms with Crippen LogP contribution in [0, 0.1) is 23.7 Å². The van der Waals surface area contributed by atoms with Gasteiger partial charge in [-0.05, 0) is 79.0 Å². The molecule has 206 valence electrons. The van der Waals surface area contributed by atoms with Gasteiger partial charge in [-0.25, -0.2) is 0 Å². The van der Waals surface area contributed by atoms with Crippen molar-refractivity contribution in [2.75, 3.05) is 0 Å². The Kier molecular flexibility index (Phi) is 5.39. The lowest BCUT2D eigenvalue weighted by Crippen LogP contribution is -2.55. The van der Waals surface area contributed by atoms with E-state index in [4.69, 9.17) is 4.98 Å². The number of fused-ring (bicyclic) bond motifs is 3. The summed E-state index contributed by atoms with van der Waals surface area (Å²) in [4.78, 5) is 5.62. The van der Waals surface area contributed by atoms with Crippen molar-refractivity contribution in [3.8, 4) is 22.4 Å². The van der Waals surface area contributed by atoms with Gasteiger partial charge in [0, 0.05) is 32.5 Å². The van der Waals surface area contributed by atoms with E-state index in [1.165, 1.54) is 54.5 Å². The van der Waals surface area contributed by atoms with Gasteiger partial charge in [0.1, 0.15) is 0 Å². The van der Waals surface area contributed by atoms with Crippen LogP contribution in [0.4, 0.5) is 0 Å². The van der Waals surface area contributed by atoms with Crippen LogP contribution in [0.1, 0.15) is 43.4 Å². The molecule has 0 aliphatic heterocycles. The largest absolute Gasteiger partial charge is 0.309 e. The second-order valence-corrected chi connectivity index (χ2v) is 15.9. The molecule has 4 bridgehead atoms. The third-order valence-electron chi connectivity index (χ3n) is 11.1. The van der Waals surface area contributed by atoms with Crippen LogP contribution in [0.25, 0.3) is 22.4 Å². The zero-order chi connectivity index (χ0) is 27.9. The zero-order valence-corrected chi connectivity index (χ0v) is 24.6. The first kappa shape index (κ1) is 24.8. The van der Waals surface area contributed by atoms with Crippen molar-refractivity contribution >= 4 is 23.1 Å². The van der Waals surface area contributed by atoms with Crippen LogP contribution >= 0.6 is 7.14 Å². The molecule has 0 N–H and O–H groups in total. The van der Waals surface area contributed by atoms with Gasteiger partial charge >= 0.3 is 0 Å². The molecule has 10 rings (SSSR count). The van der Waals surface area contributed by atoms with E-state index in [0.717, 1.165) is 39.0 Å². The third-order valence-corrected chi connectivity index (χ3v) is 14.2. The summed E-state index contributed by atoms with van der Waals surface area (Å²) in [5.74, 6) is 3.17. The Morgan fingerprint density at radius 1 is 0.571 bits per heavy atom. The van der Waals surface area contributed by atoms with E-state index in [0.29, 0.717) is 11.8 Å². The van der Waals surface area contributed by atoms with E-state index in [9.17, 15) is 0 Å². The van der Waals surface area contributed by atoms with Crippen LogP contribution in [0.3, 0.4) is 0 Å². The zero-order valence-electron chi connectivity index (χ0n) is 23.7. The van der Waals surface area contributed by atoms with E-state index < -0.39 is 7.14 Å². The molecule has 0 radical (unpaired) electrons. The van der Waals surface area contributed by atoms with Crippen LogP contribution in [0.5, 0.6) is 0 Å². The summed E-state index contributed by atoms with van der Waals surface area (Å²) in [7, 11) is -3.07. The number of nitrogens with zero attached hydrogens (tertiary/aromatic N) is 1. The summed E-state index contributed by atoms with van der Waals surface area (Å²) < 4.78 is 15.1. The Morgan fingerprint density at radius 3 is 1.83 bits per heavy atom. The second kappa shape index (κ2) is 9.13. The molecule has 4 aromatic carbocycles. The average molecular weight is 564 g/mol. The van der Waals surface area contributed by atoms with Gasteiger partial charge in [0.25, 0.3) is 0 Å². The molecule has 0 unspecified atom stereocenters. The summed E-state index contributed by atoms with van der Waals surface area (Å²) in [5.41, 5.74) is 7.64. The van der Waals surface area contributed by atoms with Gasteiger partial charge in [0.05, 0.1) is 11.4 Å². The molecule has 42 heavy (non-hydrogen) atoms. The van der Waals surface area contributed by atoms with Gasteiger partial charge < -0.3 is 4.57 Å². The average Bonchev–Trinajstić information content (AvgIpc) is 3.34. The molecule has 3 heteroatoms. The van der Waals surface area contributed by atoms with Crippen molar-refractivity contribution in [3.05, 3.63) is 133 Å². The van der Waals surface area contributed by atoms with E-state index in [2.05, 4.69) is 54.6 Å². The number of aromatic nitrogens is 1. The Bertz CT molecular complexity index is 1810. The van der Waals surface area contributed by atoms with Crippen molar-refractivity contribution in [1.82, 2.24) is 4.98 Å². The third kappa shape index (κ3) is 3.34. The SMILES string of the molecule is O=P(c1ccccc1)(c1ccccc1)c1cccc(-c2ccc3c(n2)C2(c4ccccc4-3)C3CC4CC(C3)CC2C4)c1. The molecule has 0 saturated heterocycles. The summed E-state index contributed by atoms with van der Waals surface area (Å²) in [6.07, 6.45) is 6.83. The molecule has 4 saturated carbocycles. The van der Waals surface area contributed by atoms with E-state index in [-0.39, 0.29) is 5.41 Å².